The maximum Gasteiger partial charge on any atom is 0.0349 e. The summed E-state index contributed by atoms with van der Waals surface area (Å²) in [5, 5.41) is 0. The molecule has 0 bridgehead atoms. The zero-order valence-corrected chi connectivity index (χ0v) is 14.9. The predicted molar refractivity (Wildman–Crippen MR) is 103 cm³/mol. The van der Waals surface area contributed by atoms with Crippen molar-refractivity contribution in [3.8, 4) is 0 Å². The monoisotopic (exact) mass is 322 g/mol. The minimum absolute atomic E-state index is 0.674. The van der Waals surface area contributed by atoms with Gasteiger partial charge in [0, 0.05) is 11.7 Å². The molecule has 2 aromatic rings. The molecule has 1 unspecified atom stereocenters. The average molecular weight is 322 g/mol. The molecule has 2 heteroatoms. The van der Waals surface area contributed by atoms with Crippen LogP contribution in [0.2, 0.25) is 0 Å². The Morgan fingerprint density at radius 1 is 1.00 bits per heavy atom. The van der Waals surface area contributed by atoms with Crippen molar-refractivity contribution in [2.24, 2.45) is 0 Å². The van der Waals surface area contributed by atoms with E-state index in [0.717, 1.165) is 18.5 Å². The Morgan fingerprint density at radius 3 is 2.67 bits per heavy atom. The average Bonchev–Trinajstić information content (AvgIpc) is 2.62. The van der Waals surface area contributed by atoms with E-state index in [-0.39, 0.29) is 0 Å². The van der Waals surface area contributed by atoms with Crippen molar-refractivity contribution in [3.63, 3.8) is 0 Å². The lowest BCUT2D eigenvalue weighted by Gasteiger charge is -2.33. The first-order chi connectivity index (χ1) is 11.7. The molecular formula is C22H30N2. The first-order valence-electron chi connectivity index (χ1n) is 9.34. The summed E-state index contributed by atoms with van der Waals surface area (Å²) in [6, 6.07) is 17.9. The number of nitrogens with zero attached hydrogens (tertiary/aromatic N) is 1. The number of hydrogen-bond donors (Lipinski definition) is 1. The van der Waals surface area contributed by atoms with E-state index in [1.54, 1.807) is 0 Å². The van der Waals surface area contributed by atoms with E-state index in [0.29, 0.717) is 6.04 Å². The summed E-state index contributed by atoms with van der Waals surface area (Å²) in [5.74, 6) is 0. The third-order valence-corrected chi connectivity index (χ3v) is 5.43. The lowest BCUT2D eigenvalue weighted by Crippen LogP contribution is -2.37. The molecule has 0 radical (unpaired) electrons. The Bertz CT molecular complexity index is 636. The first-order valence-corrected chi connectivity index (χ1v) is 9.34. The van der Waals surface area contributed by atoms with Crippen LogP contribution in [0.15, 0.2) is 48.5 Å². The first kappa shape index (κ1) is 17.0. The largest absolute Gasteiger partial charge is 0.398 e. The van der Waals surface area contributed by atoms with Gasteiger partial charge in [-0.3, -0.25) is 0 Å². The van der Waals surface area contributed by atoms with E-state index in [1.165, 1.54) is 55.3 Å². The maximum absolute atomic E-state index is 6.11. The van der Waals surface area contributed by atoms with Gasteiger partial charge in [0.1, 0.15) is 0 Å². The molecule has 0 aromatic heterocycles. The van der Waals surface area contributed by atoms with Crippen LogP contribution < -0.4 is 5.73 Å². The van der Waals surface area contributed by atoms with Crippen LogP contribution in [0.5, 0.6) is 0 Å². The number of unbranched alkanes of at least 4 members (excludes halogenated alkanes) is 2. The molecule has 0 heterocycles. The van der Waals surface area contributed by atoms with E-state index >= 15 is 0 Å². The van der Waals surface area contributed by atoms with Crippen LogP contribution in [0.3, 0.4) is 0 Å². The molecule has 0 saturated carbocycles. The van der Waals surface area contributed by atoms with Crippen molar-refractivity contribution in [2.75, 3.05) is 19.3 Å². The Labute approximate surface area is 146 Å². The summed E-state index contributed by atoms with van der Waals surface area (Å²) in [6.45, 7) is 1.21. The summed E-state index contributed by atoms with van der Waals surface area (Å²) in [6.07, 6.45) is 8.63. The zero-order chi connectivity index (χ0) is 16.8. The highest BCUT2D eigenvalue weighted by molar-refractivity contribution is 5.52. The summed E-state index contributed by atoms with van der Waals surface area (Å²) in [4.78, 5) is 2.56. The Hall–Kier alpha value is -1.80. The molecule has 1 aliphatic rings. The van der Waals surface area contributed by atoms with Gasteiger partial charge in [0.05, 0.1) is 0 Å². The topological polar surface area (TPSA) is 29.3 Å². The highest BCUT2D eigenvalue weighted by atomic mass is 15.1. The Kier molecular flexibility index (Phi) is 5.92. The van der Waals surface area contributed by atoms with Gasteiger partial charge in [-0.2, -0.15) is 0 Å². The van der Waals surface area contributed by atoms with Crippen molar-refractivity contribution < 1.29 is 0 Å². The van der Waals surface area contributed by atoms with Gasteiger partial charge in [-0.15, -0.1) is 0 Å². The van der Waals surface area contributed by atoms with E-state index in [4.69, 9.17) is 5.73 Å². The smallest absolute Gasteiger partial charge is 0.0349 e. The third-order valence-electron chi connectivity index (χ3n) is 5.43. The fraction of sp³-hybridized carbons (Fsp3) is 0.455. The fourth-order valence-corrected chi connectivity index (χ4v) is 3.89. The number of rotatable bonds is 7. The molecule has 128 valence electrons. The Morgan fingerprint density at radius 2 is 1.83 bits per heavy atom. The van der Waals surface area contributed by atoms with Crippen molar-refractivity contribution >= 4 is 5.69 Å². The van der Waals surface area contributed by atoms with Crippen molar-refractivity contribution in [3.05, 3.63) is 65.2 Å². The van der Waals surface area contributed by atoms with Gasteiger partial charge < -0.3 is 10.6 Å². The van der Waals surface area contributed by atoms with E-state index in [2.05, 4.69) is 54.4 Å². The van der Waals surface area contributed by atoms with Gasteiger partial charge in [-0.25, -0.2) is 0 Å². The quantitative estimate of drug-likeness (QED) is 0.602. The van der Waals surface area contributed by atoms with Crippen LogP contribution >= 0.6 is 0 Å². The standard InChI is InChI=1S/C22H30N2/c1-24(16-7-3-6-11-18-9-4-2-5-10-18)20-14-15-21-19(17-20)12-8-13-22(21)23/h2,4-5,8-10,12-13,20H,3,6-7,11,14-17,23H2,1H3. The molecular weight excluding hydrogens is 292 g/mol. The number of anilines is 1. The highest BCUT2D eigenvalue weighted by Crippen LogP contribution is 2.28. The van der Waals surface area contributed by atoms with Gasteiger partial charge in [0.2, 0.25) is 0 Å². The number of likely N-dealkylation sites (N-methyl/N-ethyl adjacent to an activating group) is 1. The SMILES string of the molecule is CN(CCCCCc1ccccc1)C1CCc2c(N)cccc2C1. The molecule has 24 heavy (non-hydrogen) atoms. The molecule has 0 amide bonds. The number of nitrogen functional groups attached to an aromatic ring is 1. The summed E-state index contributed by atoms with van der Waals surface area (Å²) in [7, 11) is 2.29. The normalized spacial score (nSPS) is 17.0. The van der Waals surface area contributed by atoms with Gasteiger partial charge in [0.15, 0.2) is 0 Å². The molecule has 0 spiro atoms. The second kappa shape index (κ2) is 8.34. The summed E-state index contributed by atoms with van der Waals surface area (Å²) in [5.41, 5.74) is 11.4. The van der Waals surface area contributed by atoms with Crippen LogP contribution in [0.1, 0.15) is 42.4 Å². The van der Waals surface area contributed by atoms with Gasteiger partial charge in [-0.1, -0.05) is 48.9 Å². The highest BCUT2D eigenvalue weighted by Gasteiger charge is 2.22. The minimum atomic E-state index is 0.674. The second-order valence-corrected chi connectivity index (χ2v) is 7.16. The third kappa shape index (κ3) is 4.39. The zero-order valence-electron chi connectivity index (χ0n) is 14.9. The molecule has 0 saturated heterocycles. The summed E-state index contributed by atoms with van der Waals surface area (Å²) >= 11 is 0. The molecule has 3 rings (SSSR count). The number of nitrogens with two attached hydrogens (primary N) is 1. The van der Waals surface area contributed by atoms with Crippen molar-refractivity contribution in [2.45, 2.75) is 51.0 Å². The van der Waals surface area contributed by atoms with Crippen molar-refractivity contribution in [1.82, 2.24) is 4.90 Å². The van der Waals surface area contributed by atoms with E-state index in [1.807, 2.05) is 6.07 Å². The maximum atomic E-state index is 6.11. The lowest BCUT2D eigenvalue weighted by atomic mass is 9.86. The number of fused-ring (bicyclic) bond motifs is 1. The molecule has 0 aliphatic heterocycles. The van der Waals surface area contributed by atoms with Gasteiger partial charge in [-0.05, 0) is 74.9 Å². The summed E-state index contributed by atoms with van der Waals surface area (Å²) < 4.78 is 0. The fourth-order valence-electron chi connectivity index (χ4n) is 3.89. The van der Waals surface area contributed by atoms with Crippen LogP contribution in [0, 0.1) is 0 Å². The van der Waals surface area contributed by atoms with E-state index < -0.39 is 0 Å². The number of hydrogen-bond acceptors (Lipinski definition) is 2. The molecule has 0 fully saturated rings. The predicted octanol–water partition coefficient (Wildman–Crippen LogP) is 4.47. The number of aryl methyl sites for hydroxylation is 1. The van der Waals surface area contributed by atoms with E-state index in [9.17, 15) is 0 Å². The lowest BCUT2D eigenvalue weighted by molar-refractivity contribution is 0.217. The van der Waals surface area contributed by atoms with Gasteiger partial charge >= 0.3 is 0 Å². The second-order valence-electron chi connectivity index (χ2n) is 7.16. The molecule has 2 nitrogen and oxygen atoms in total. The van der Waals surface area contributed by atoms with Gasteiger partial charge in [0.25, 0.3) is 0 Å². The van der Waals surface area contributed by atoms with Crippen LogP contribution in [-0.2, 0) is 19.3 Å². The van der Waals surface area contributed by atoms with Crippen molar-refractivity contribution in [1.29, 1.82) is 0 Å². The van der Waals surface area contributed by atoms with Crippen LogP contribution in [-0.4, -0.2) is 24.5 Å². The molecule has 2 N–H and O–H groups in total. The van der Waals surface area contributed by atoms with Crippen LogP contribution in [0.4, 0.5) is 5.69 Å². The van der Waals surface area contributed by atoms with Crippen LogP contribution in [0.25, 0.3) is 0 Å². The minimum Gasteiger partial charge on any atom is -0.398 e. The Balaban J connectivity index is 1.39. The molecule has 1 atom stereocenters. The molecule has 2 aromatic carbocycles. The molecule has 1 aliphatic carbocycles. The number of benzene rings is 2.